The van der Waals surface area contributed by atoms with Crippen LogP contribution in [-0.4, -0.2) is 92.5 Å². The van der Waals surface area contributed by atoms with Gasteiger partial charge in [0.05, 0.1) is 6.61 Å². The van der Waals surface area contributed by atoms with Crippen molar-refractivity contribution in [1.82, 2.24) is 5.32 Å². The Kier molecular flexibility index (Phi) is 13.8. The highest BCUT2D eigenvalue weighted by atomic mass is 16.4. The second kappa shape index (κ2) is 13.6. The molecule has 0 amide bonds. The maximum atomic E-state index is 10.2. The Bertz CT molecular complexity index is 384. The number of rotatable bonds is 10. The predicted molar refractivity (Wildman–Crippen MR) is 81.9 cm³/mol. The van der Waals surface area contributed by atoms with Gasteiger partial charge >= 0.3 is 5.97 Å². The van der Waals surface area contributed by atoms with Gasteiger partial charge in [0, 0.05) is 6.54 Å². The number of aldehydes is 1. The Morgan fingerprint density at radius 2 is 1.75 bits per heavy atom. The lowest BCUT2D eigenvalue weighted by Gasteiger charge is -2.22. The monoisotopic (exact) mass is 354 g/mol. The van der Waals surface area contributed by atoms with E-state index < -0.39 is 43.0 Å². The van der Waals surface area contributed by atoms with Crippen molar-refractivity contribution in [3.63, 3.8) is 0 Å². The summed E-state index contributed by atoms with van der Waals surface area (Å²) >= 11 is 0. The minimum atomic E-state index is -1.79. The number of aliphatic hydroxyl groups excluding tert-OH is 5. The molecule has 12 nitrogen and oxygen atoms in total. The van der Waals surface area contributed by atoms with Crippen molar-refractivity contribution in [1.29, 1.82) is 5.41 Å². The van der Waals surface area contributed by atoms with E-state index in [0.717, 1.165) is 0 Å². The van der Waals surface area contributed by atoms with Crippen LogP contribution in [0.3, 0.4) is 0 Å². The molecule has 0 heterocycles. The van der Waals surface area contributed by atoms with Crippen LogP contribution in [-0.2, 0) is 9.59 Å². The molecule has 0 aliphatic carbocycles. The average Bonchev–Trinajstić information content (AvgIpc) is 2.55. The van der Waals surface area contributed by atoms with Gasteiger partial charge in [-0.3, -0.25) is 10.2 Å². The first kappa shape index (κ1) is 24.4. The van der Waals surface area contributed by atoms with Crippen LogP contribution in [0.4, 0.5) is 0 Å². The van der Waals surface area contributed by atoms with Crippen LogP contribution < -0.4 is 16.8 Å². The predicted octanol–water partition coefficient (Wildman–Crippen LogP) is -4.72. The molecule has 0 fully saturated rings. The van der Waals surface area contributed by atoms with Crippen LogP contribution in [0.1, 0.15) is 12.8 Å². The maximum absolute atomic E-state index is 10.2. The van der Waals surface area contributed by atoms with Gasteiger partial charge in [0.15, 0.2) is 12.2 Å². The lowest BCUT2D eigenvalue weighted by atomic mass is 10.0. The molecule has 0 aliphatic rings. The number of nitrogens with two attached hydrogens (primary N) is 2. The summed E-state index contributed by atoms with van der Waals surface area (Å²) in [6, 6.07) is -0.821. The lowest BCUT2D eigenvalue weighted by Crippen LogP contribution is -2.46. The molecule has 0 aliphatic heterocycles. The fourth-order valence-electron chi connectivity index (χ4n) is 1.29. The minimum Gasteiger partial charge on any atom is -0.480 e. The van der Waals surface area contributed by atoms with Crippen molar-refractivity contribution in [2.45, 2.75) is 43.3 Å². The summed E-state index contributed by atoms with van der Waals surface area (Å²) in [4.78, 5) is 20.1. The molecule has 0 aromatic heterocycles. The normalized spacial score (nSPS) is 16.6. The Hall–Kier alpha value is -1.83. The van der Waals surface area contributed by atoms with Gasteiger partial charge in [0.25, 0.3) is 0 Å². The summed E-state index contributed by atoms with van der Waals surface area (Å²) in [5.74, 6) is -1.11. The first-order valence-corrected chi connectivity index (χ1v) is 6.93. The second-order valence-electron chi connectivity index (χ2n) is 4.79. The number of aliphatic carboxylic acids is 1. The molecule has 0 aromatic carbocycles. The molecule has 0 rings (SSSR count). The third-order valence-corrected chi connectivity index (χ3v) is 2.75. The third kappa shape index (κ3) is 11.7. The number of aliphatic hydroxyl groups is 5. The summed E-state index contributed by atoms with van der Waals surface area (Å²) in [5.41, 5.74) is 10.2. The largest absolute Gasteiger partial charge is 0.480 e. The van der Waals surface area contributed by atoms with Crippen molar-refractivity contribution in [3.05, 3.63) is 0 Å². The Balaban J connectivity index is 0. The molecule has 5 atom stereocenters. The van der Waals surface area contributed by atoms with E-state index in [9.17, 15) is 9.59 Å². The molecule has 12 heteroatoms. The Labute approximate surface area is 138 Å². The lowest BCUT2D eigenvalue weighted by molar-refractivity contribution is -0.138. The van der Waals surface area contributed by atoms with E-state index in [2.05, 4.69) is 5.32 Å². The number of carbonyl (C=O) groups is 2. The van der Waals surface area contributed by atoms with Crippen LogP contribution in [0.25, 0.3) is 0 Å². The van der Waals surface area contributed by atoms with Gasteiger partial charge in [-0.15, -0.1) is 0 Å². The van der Waals surface area contributed by atoms with Crippen molar-refractivity contribution >= 4 is 18.2 Å². The number of hydrogen-bond acceptors (Lipinski definition) is 9. The molecule has 12 N–H and O–H groups in total. The van der Waals surface area contributed by atoms with E-state index in [0.29, 0.717) is 19.4 Å². The molecule has 0 saturated carbocycles. The fourth-order valence-corrected chi connectivity index (χ4v) is 1.29. The number of guanidine groups is 1. The van der Waals surface area contributed by atoms with Gasteiger partial charge in [-0.25, -0.2) is 0 Å². The van der Waals surface area contributed by atoms with Crippen molar-refractivity contribution in [2.75, 3.05) is 13.2 Å². The number of carbonyl (C=O) groups excluding carboxylic acids is 1. The molecule has 0 bridgehead atoms. The average molecular weight is 354 g/mol. The van der Waals surface area contributed by atoms with Crippen molar-refractivity contribution in [3.8, 4) is 0 Å². The van der Waals surface area contributed by atoms with Crippen LogP contribution in [0, 0.1) is 5.41 Å². The highest BCUT2D eigenvalue weighted by molar-refractivity contribution is 5.74. The molecule has 0 spiro atoms. The third-order valence-electron chi connectivity index (χ3n) is 2.75. The quantitative estimate of drug-likeness (QED) is 0.0772. The summed E-state index contributed by atoms with van der Waals surface area (Å²) < 4.78 is 0. The van der Waals surface area contributed by atoms with E-state index in [1.54, 1.807) is 0 Å². The highest BCUT2D eigenvalue weighted by Crippen LogP contribution is 2.02. The summed E-state index contributed by atoms with van der Waals surface area (Å²) in [6.07, 6.45) is -5.86. The van der Waals surface area contributed by atoms with Crippen LogP contribution in [0.15, 0.2) is 0 Å². The van der Waals surface area contributed by atoms with Crippen LogP contribution >= 0.6 is 0 Å². The van der Waals surface area contributed by atoms with E-state index in [1.165, 1.54) is 0 Å². The van der Waals surface area contributed by atoms with Crippen molar-refractivity contribution in [2.24, 2.45) is 11.5 Å². The first-order chi connectivity index (χ1) is 11.1. The summed E-state index contributed by atoms with van der Waals surface area (Å²) in [5, 5.41) is 61.3. The van der Waals surface area contributed by atoms with Gasteiger partial charge in [-0.2, -0.15) is 0 Å². The Morgan fingerprint density at radius 1 is 1.21 bits per heavy atom. The summed E-state index contributed by atoms with van der Waals surface area (Å²) in [7, 11) is 0. The minimum absolute atomic E-state index is 0.0258. The van der Waals surface area contributed by atoms with Gasteiger partial charge in [-0.1, -0.05) is 0 Å². The Morgan fingerprint density at radius 3 is 2.12 bits per heavy atom. The van der Waals surface area contributed by atoms with Crippen LogP contribution in [0.5, 0.6) is 0 Å². The zero-order chi connectivity index (χ0) is 19.3. The van der Waals surface area contributed by atoms with E-state index >= 15 is 0 Å². The molecule has 0 saturated heterocycles. The van der Waals surface area contributed by atoms with Crippen LogP contribution in [0.2, 0.25) is 0 Å². The van der Waals surface area contributed by atoms with Crippen molar-refractivity contribution < 1.29 is 40.2 Å². The van der Waals surface area contributed by atoms with Gasteiger partial charge in [0.2, 0.25) is 0 Å². The van der Waals surface area contributed by atoms with E-state index in [4.69, 9.17) is 47.5 Å². The molecule has 1 unspecified atom stereocenters. The number of nitrogens with one attached hydrogen (secondary N) is 2. The van der Waals surface area contributed by atoms with Gasteiger partial charge < -0.3 is 52.2 Å². The molecular weight excluding hydrogens is 328 g/mol. The number of carboxylic acid groups (broad SMARTS) is 1. The molecule has 24 heavy (non-hydrogen) atoms. The second-order valence-corrected chi connectivity index (χ2v) is 4.79. The molecule has 0 aromatic rings. The molecule has 0 radical (unpaired) electrons. The zero-order valence-electron chi connectivity index (χ0n) is 12.9. The smallest absolute Gasteiger partial charge is 0.320 e. The van der Waals surface area contributed by atoms with E-state index in [1.807, 2.05) is 0 Å². The zero-order valence-corrected chi connectivity index (χ0v) is 12.9. The van der Waals surface area contributed by atoms with E-state index in [-0.39, 0.29) is 12.2 Å². The number of carboxylic acids is 1. The highest BCUT2D eigenvalue weighted by Gasteiger charge is 2.29. The van der Waals surface area contributed by atoms with Gasteiger partial charge in [0.1, 0.15) is 30.5 Å². The first-order valence-electron chi connectivity index (χ1n) is 6.93. The number of hydrogen-bond donors (Lipinski definition) is 10. The molecule has 142 valence electrons. The fraction of sp³-hybridized carbons (Fsp3) is 0.750. The maximum Gasteiger partial charge on any atom is 0.320 e. The SMILES string of the molecule is N=C(N)NCCCC(N)C(=O)O.O=C[C@H](O)[C@@H](O)[C@H](O)[C@H](O)CO. The van der Waals surface area contributed by atoms with Gasteiger partial charge in [-0.05, 0) is 12.8 Å². The topological polar surface area (TPSA) is 243 Å². The standard InChI is InChI=1S/C6H14N4O2.C6H12O6/c7-4(5(11)12)2-1-3-10-6(8)9;7-1-3(9)5(11)6(12)4(10)2-8/h4H,1-3,7H2,(H,11,12)(H4,8,9,10);1,3-6,8-12H,2H2/t;3-,4+,5+,6+/m.0/s1. The summed E-state index contributed by atoms with van der Waals surface area (Å²) in [6.45, 7) is -0.278. The molecular formula is C12H26N4O8.